The highest BCUT2D eigenvalue weighted by Crippen LogP contribution is 2.23. The van der Waals surface area contributed by atoms with Crippen molar-refractivity contribution in [1.82, 2.24) is 9.97 Å². The van der Waals surface area contributed by atoms with E-state index in [-0.39, 0.29) is 17.1 Å². The van der Waals surface area contributed by atoms with Crippen LogP contribution in [0.5, 0.6) is 0 Å². The molecule has 0 unspecified atom stereocenters. The van der Waals surface area contributed by atoms with E-state index in [0.29, 0.717) is 20.8 Å². The SMILES string of the molecule is O=C(CSc1nccc(=O)[nH]1)c1ccc(Cl)c(Cl)c1. The molecular weight excluding hydrogens is 307 g/mol. The van der Waals surface area contributed by atoms with Crippen molar-refractivity contribution in [3.05, 3.63) is 56.4 Å². The Morgan fingerprint density at radius 3 is 2.74 bits per heavy atom. The fourth-order valence-electron chi connectivity index (χ4n) is 1.31. The van der Waals surface area contributed by atoms with Crippen LogP contribution in [0.2, 0.25) is 10.0 Å². The smallest absolute Gasteiger partial charge is 0.251 e. The van der Waals surface area contributed by atoms with Gasteiger partial charge in [0, 0.05) is 17.8 Å². The molecule has 0 aliphatic heterocycles. The summed E-state index contributed by atoms with van der Waals surface area (Å²) in [4.78, 5) is 29.5. The first-order valence-corrected chi connectivity index (χ1v) is 6.97. The Balaban J connectivity index is 2.05. The highest BCUT2D eigenvalue weighted by Gasteiger charge is 2.09. The summed E-state index contributed by atoms with van der Waals surface area (Å²) in [5.41, 5.74) is 0.222. The molecule has 7 heteroatoms. The Morgan fingerprint density at radius 1 is 1.26 bits per heavy atom. The number of aromatic nitrogens is 2. The maximum Gasteiger partial charge on any atom is 0.251 e. The normalized spacial score (nSPS) is 10.4. The number of ketones is 1. The number of H-pyrrole nitrogens is 1. The number of nitrogens with zero attached hydrogens (tertiary/aromatic N) is 1. The first-order chi connectivity index (χ1) is 9.06. The zero-order chi connectivity index (χ0) is 13.8. The third-order valence-corrected chi connectivity index (χ3v) is 3.86. The van der Waals surface area contributed by atoms with Gasteiger partial charge in [0.1, 0.15) is 0 Å². The Kier molecular flexibility index (Phi) is 4.63. The quantitative estimate of drug-likeness (QED) is 0.535. The molecular formula is C12H8Cl2N2O2S. The lowest BCUT2D eigenvalue weighted by Crippen LogP contribution is -2.08. The van der Waals surface area contributed by atoms with Gasteiger partial charge in [0.25, 0.3) is 5.56 Å². The number of nitrogens with one attached hydrogen (secondary N) is 1. The van der Waals surface area contributed by atoms with E-state index in [2.05, 4.69) is 9.97 Å². The molecule has 0 fully saturated rings. The largest absolute Gasteiger partial charge is 0.301 e. The highest BCUT2D eigenvalue weighted by atomic mass is 35.5. The molecule has 1 N–H and O–H groups in total. The second kappa shape index (κ2) is 6.23. The van der Waals surface area contributed by atoms with Crippen molar-refractivity contribution < 1.29 is 4.79 Å². The number of rotatable bonds is 4. The van der Waals surface area contributed by atoms with E-state index in [4.69, 9.17) is 23.2 Å². The molecule has 1 aromatic heterocycles. The molecule has 4 nitrogen and oxygen atoms in total. The first-order valence-electron chi connectivity index (χ1n) is 5.22. The fourth-order valence-corrected chi connectivity index (χ4v) is 2.35. The van der Waals surface area contributed by atoms with Crippen LogP contribution in [-0.4, -0.2) is 21.5 Å². The number of halogens is 2. The van der Waals surface area contributed by atoms with Crippen LogP contribution in [0, 0.1) is 0 Å². The van der Waals surface area contributed by atoms with Crippen LogP contribution in [0.15, 0.2) is 40.4 Å². The summed E-state index contributed by atoms with van der Waals surface area (Å²) >= 11 is 12.8. The summed E-state index contributed by atoms with van der Waals surface area (Å²) in [6.45, 7) is 0. The van der Waals surface area contributed by atoms with Gasteiger partial charge in [-0.3, -0.25) is 9.59 Å². The van der Waals surface area contributed by atoms with E-state index in [1.165, 1.54) is 18.3 Å². The lowest BCUT2D eigenvalue weighted by Gasteiger charge is -2.02. The molecule has 1 aromatic carbocycles. The number of aromatic amines is 1. The second-order valence-corrected chi connectivity index (χ2v) is 5.36. The van der Waals surface area contributed by atoms with Gasteiger partial charge >= 0.3 is 0 Å². The molecule has 1 heterocycles. The van der Waals surface area contributed by atoms with E-state index in [0.717, 1.165) is 11.8 Å². The Bertz CT molecular complexity index is 673. The van der Waals surface area contributed by atoms with Crippen molar-refractivity contribution in [3.8, 4) is 0 Å². The van der Waals surface area contributed by atoms with Gasteiger partial charge in [0.15, 0.2) is 10.9 Å². The van der Waals surface area contributed by atoms with Gasteiger partial charge in [0.2, 0.25) is 0 Å². The molecule has 0 amide bonds. The molecule has 0 aliphatic rings. The number of thioether (sulfide) groups is 1. The summed E-state index contributed by atoms with van der Waals surface area (Å²) in [5.74, 6) is 0.0420. The Labute approximate surface area is 123 Å². The number of hydrogen-bond acceptors (Lipinski definition) is 4. The second-order valence-electron chi connectivity index (χ2n) is 3.58. The van der Waals surface area contributed by atoms with Crippen LogP contribution < -0.4 is 5.56 Å². The summed E-state index contributed by atoms with van der Waals surface area (Å²) in [5, 5.41) is 1.14. The Hall–Kier alpha value is -1.30. The number of benzene rings is 1. The highest BCUT2D eigenvalue weighted by molar-refractivity contribution is 7.99. The van der Waals surface area contributed by atoms with Gasteiger partial charge in [-0.2, -0.15) is 0 Å². The monoisotopic (exact) mass is 314 g/mol. The molecule has 0 atom stereocenters. The van der Waals surface area contributed by atoms with E-state index in [1.807, 2.05) is 0 Å². The van der Waals surface area contributed by atoms with Crippen LogP contribution in [0.4, 0.5) is 0 Å². The predicted octanol–water partition coefficient (Wildman–Crippen LogP) is 3.05. The molecule has 19 heavy (non-hydrogen) atoms. The first kappa shape index (κ1) is 14.1. The average Bonchev–Trinajstić information content (AvgIpc) is 2.39. The van der Waals surface area contributed by atoms with E-state index in [9.17, 15) is 9.59 Å². The Morgan fingerprint density at radius 2 is 2.05 bits per heavy atom. The van der Waals surface area contributed by atoms with Gasteiger partial charge in [-0.25, -0.2) is 4.98 Å². The molecule has 2 aromatic rings. The maximum atomic E-state index is 11.9. The van der Waals surface area contributed by atoms with Gasteiger partial charge in [0.05, 0.1) is 15.8 Å². The van der Waals surface area contributed by atoms with Crippen molar-refractivity contribution in [1.29, 1.82) is 0 Å². The van der Waals surface area contributed by atoms with E-state index >= 15 is 0 Å². The molecule has 0 spiro atoms. The summed E-state index contributed by atoms with van der Waals surface area (Å²) < 4.78 is 0. The minimum absolute atomic E-state index is 0.116. The van der Waals surface area contributed by atoms with Crippen molar-refractivity contribution in [2.24, 2.45) is 0 Å². The van der Waals surface area contributed by atoms with Gasteiger partial charge in [-0.05, 0) is 18.2 Å². The summed E-state index contributed by atoms with van der Waals surface area (Å²) in [6.07, 6.45) is 1.39. The third kappa shape index (κ3) is 3.83. The predicted molar refractivity (Wildman–Crippen MR) is 76.4 cm³/mol. The third-order valence-electron chi connectivity index (χ3n) is 2.23. The van der Waals surface area contributed by atoms with Crippen LogP contribution >= 0.6 is 35.0 Å². The standard InChI is InChI=1S/C12H8Cl2N2O2S/c13-8-2-1-7(5-9(8)14)10(17)6-19-12-15-4-3-11(18)16-12/h1-5H,6H2,(H,15,16,18). The molecule has 0 saturated carbocycles. The molecule has 0 radical (unpaired) electrons. The molecule has 0 bridgehead atoms. The van der Waals surface area contributed by atoms with Crippen LogP contribution in [-0.2, 0) is 0 Å². The van der Waals surface area contributed by atoms with Crippen molar-refractivity contribution in [2.45, 2.75) is 5.16 Å². The van der Waals surface area contributed by atoms with Crippen molar-refractivity contribution in [3.63, 3.8) is 0 Å². The lowest BCUT2D eigenvalue weighted by atomic mass is 10.1. The number of Topliss-reactive ketones (excluding diaryl/α,β-unsaturated/α-hetero) is 1. The zero-order valence-electron chi connectivity index (χ0n) is 9.52. The fraction of sp³-hybridized carbons (Fsp3) is 0.0833. The van der Waals surface area contributed by atoms with Crippen molar-refractivity contribution >= 4 is 40.7 Å². The number of carbonyl (C=O) groups excluding carboxylic acids is 1. The van der Waals surface area contributed by atoms with Crippen LogP contribution in [0.25, 0.3) is 0 Å². The number of hydrogen-bond donors (Lipinski definition) is 1. The van der Waals surface area contributed by atoms with Crippen LogP contribution in [0.1, 0.15) is 10.4 Å². The zero-order valence-corrected chi connectivity index (χ0v) is 11.9. The van der Waals surface area contributed by atoms with E-state index in [1.54, 1.807) is 12.1 Å². The van der Waals surface area contributed by atoms with Crippen molar-refractivity contribution in [2.75, 3.05) is 5.75 Å². The molecule has 98 valence electrons. The maximum absolute atomic E-state index is 11.9. The minimum atomic E-state index is -0.250. The van der Waals surface area contributed by atoms with Gasteiger partial charge in [-0.15, -0.1) is 0 Å². The number of carbonyl (C=O) groups is 1. The summed E-state index contributed by atoms with van der Waals surface area (Å²) in [6, 6.07) is 6.02. The lowest BCUT2D eigenvalue weighted by molar-refractivity contribution is 0.102. The van der Waals surface area contributed by atoms with Gasteiger partial charge in [-0.1, -0.05) is 35.0 Å². The van der Waals surface area contributed by atoms with Gasteiger partial charge < -0.3 is 4.98 Å². The molecule has 0 aliphatic carbocycles. The minimum Gasteiger partial charge on any atom is -0.301 e. The summed E-state index contributed by atoms with van der Waals surface area (Å²) in [7, 11) is 0. The van der Waals surface area contributed by atoms with Crippen LogP contribution in [0.3, 0.4) is 0 Å². The molecule has 2 rings (SSSR count). The van der Waals surface area contributed by atoms with E-state index < -0.39 is 0 Å². The average molecular weight is 315 g/mol. The topological polar surface area (TPSA) is 62.8 Å². The molecule has 0 saturated heterocycles.